The maximum atomic E-state index is 13.0. The molecule has 1 amide bonds. The highest BCUT2D eigenvalue weighted by molar-refractivity contribution is 5.76. The van der Waals surface area contributed by atoms with Crippen LogP contribution in [-0.4, -0.2) is 25.0 Å². The largest absolute Gasteiger partial charge is 0.371 e. The van der Waals surface area contributed by atoms with Crippen molar-refractivity contribution in [1.29, 1.82) is 0 Å². The fraction of sp³-hybridized carbons (Fsp3) is 0.800. The van der Waals surface area contributed by atoms with E-state index in [4.69, 9.17) is 0 Å². The molecule has 1 aromatic rings. The molecule has 0 aromatic heterocycles. The zero-order chi connectivity index (χ0) is 26.3. The van der Waals surface area contributed by atoms with Gasteiger partial charge in [-0.3, -0.25) is 4.79 Å². The van der Waals surface area contributed by atoms with Gasteiger partial charge in [-0.25, -0.2) is 0 Å². The summed E-state index contributed by atoms with van der Waals surface area (Å²) in [6, 6.07) is 11.0. The highest BCUT2D eigenvalue weighted by Gasteiger charge is 2.60. The van der Waals surface area contributed by atoms with Crippen LogP contribution >= 0.6 is 0 Å². The van der Waals surface area contributed by atoms with Crippen LogP contribution in [0.4, 0.5) is 5.69 Å². The quantitative estimate of drug-likeness (QED) is 0.411. The van der Waals surface area contributed by atoms with E-state index in [1.165, 1.54) is 69.9 Å². The van der Waals surface area contributed by atoms with Crippen LogP contribution in [0, 0.1) is 46.3 Å². The highest BCUT2D eigenvalue weighted by Crippen LogP contribution is 2.68. The number of para-hydroxylation sites is 1. The molecule has 3 nitrogen and oxygen atoms in total. The number of nitrogens with zero attached hydrogens (tertiary/aromatic N) is 1. The molecule has 0 radical (unpaired) electrons. The number of carbonyl (C=O) groups excluding carboxylic acids is 1. The fourth-order valence-corrected chi connectivity index (χ4v) is 11.1. The van der Waals surface area contributed by atoms with Crippen LogP contribution in [0.15, 0.2) is 30.3 Å². The normalized spacial score (nSPS) is 40.1. The van der Waals surface area contributed by atoms with Crippen LogP contribution < -0.4 is 10.2 Å². The Morgan fingerprint density at radius 1 is 0.895 bits per heavy atom. The van der Waals surface area contributed by atoms with Crippen molar-refractivity contribution in [2.24, 2.45) is 46.3 Å². The molecule has 1 unspecified atom stereocenters. The van der Waals surface area contributed by atoms with Gasteiger partial charge in [0.1, 0.15) is 0 Å². The molecule has 5 aliphatic rings. The van der Waals surface area contributed by atoms with Crippen molar-refractivity contribution in [3.05, 3.63) is 30.3 Å². The number of anilines is 1. The molecule has 1 aliphatic heterocycles. The van der Waals surface area contributed by atoms with Crippen molar-refractivity contribution in [3.8, 4) is 0 Å². The Morgan fingerprint density at radius 3 is 2.45 bits per heavy atom. The zero-order valence-electron chi connectivity index (χ0n) is 24.6. The summed E-state index contributed by atoms with van der Waals surface area (Å²) in [4.78, 5) is 15.4. The number of amides is 1. The number of fused-ring (bicyclic) bond motifs is 5. The minimum atomic E-state index is 0.293. The van der Waals surface area contributed by atoms with Gasteiger partial charge in [0, 0.05) is 31.2 Å². The Labute approximate surface area is 232 Å². The Kier molecular flexibility index (Phi) is 7.60. The van der Waals surface area contributed by atoms with Gasteiger partial charge in [0.05, 0.1) is 0 Å². The molecular formula is C35H54N2O. The first-order chi connectivity index (χ1) is 18.4. The third-order valence-electron chi connectivity index (χ3n) is 13.2. The number of nitrogens with one attached hydrogen (secondary N) is 1. The van der Waals surface area contributed by atoms with Gasteiger partial charge < -0.3 is 10.2 Å². The molecule has 4 aliphatic carbocycles. The van der Waals surface area contributed by atoms with E-state index in [2.05, 4.69) is 61.3 Å². The van der Waals surface area contributed by atoms with Gasteiger partial charge in [-0.2, -0.15) is 0 Å². The van der Waals surface area contributed by atoms with Gasteiger partial charge in [0.15, 0.2) is 0 Å². The maximum absolute atomic E-state index is 13.0. The van der Waals surface area contributed by atoms with Crippen molar-refractivity contribution in [3.63, 3.8) is 0 Å². The topological polar surface area (TPSA) is 32.3 Å². The summed E-state index contributed by atoms with van der Waals surface area (Å²) in [5, 5.41) is 3.40. The molecule has 4 saturated carbocycles. The van der Waals surface area contributed by atoms with E-state index < -0.39 is 0 Å². The Hall–Kier alpha value is -1.51. The van der Waals surface area contributed by atoms with Crippen molar-refractivity contribution in [2.45, 2.75) is 117 Å². The Bertz CT molecular complexity index is 954. The van der Waals surface area contributed by atoms with Gasteiger partial charge in [0.2, 0.25) is 5.91 Å². The summed E-state index contributed by atoms with van der Waals surface area (Å²) >= 11 is 0. The fourth-order valence-electron chi connectivity index (χ4n) is 11.1. The number of piperidine rings is 1. The molecular weight excluding hydrogens is 464 g/mol. The number of carbonyl (C=O) groups is 1. The first-order valence-electron chi connectivity index (χ1n) is 16.5. The second kappa shape index (κ2) is 10.8. The lowest BCUT2D eigenvalue weighted by Crippen LogP contribution is -2.53. The van der Waals surface area contributed by atoms with Crippen LogP contribution in [-0.2, 0) is 4.79 Å². The second-order valence-corrected chi connectivity index (χ2v) is 14.8. The molecule has 3 heteroatoms. The van der Waals surface area contributed by atoms with Crippen LogP contribution in [0.5, 0.6) is 0 Å². The standard InChI is InChI=1S/C35H54N2O/c1-25(12-17-33(38)36-27-19-23-37(24-20-27)28-10-5-4-6-11-28)30-15-16-31-29-14-13-26-9-7-8-21-34(26,2)32(29)18-22-35(30,31)3/h4-6,10-11,25-27,29-32H,7-9,12-24H2,1-3H3,(H,36,38)/t25-,26?,29+,30-,31+,32+,34+,35-/m1/s1. The molecule has 0 bridgehead atoms. The van der Waals surface area contributed by atoms with E-state index in [1.807, 2.05) is 0 Å². The second-order valence-electron chi connectivity index (χ2n) is 14.8. The molecule has 38 heavy (non-hydrogen) atoms. The molecule has 210 valence electrons. The van der Waals surface area contributed by atoms with E-state index in [9.17, 15) is 4.79 Å². The lowest BCUT2D eigenvalue weighted by molar-refractivity contribution is -0.123. The summed E-state index contributed by atoms with van der Waals surface area (Å²) in [6.07, 6.45) is 18.7. The van der Waals surface area contributed by atoms with Gasteiger partial charge in [-0.1, -0.05) is 51.8 Å². The monoisotopic (exact) mass is 518 g/mol. The number of rotatable bonds is 6. The molecule has 8 atom stereocenters. The number of hydrogen-bond acceptors (Lipinski definition) is 2. The first-order valence-corrected chi connectivity index (χ1v) is 16.5. The van der Waals surface area contributed by atoms with Crippen molar-refractivity contribution < 1.29 is 4.79 Å². The summed E-state index contributed by atoms with van der Waals surface area (Å²) in [5.74, 6) is 5.70. The maximum Gasteiger partial charge on any atom is 0.220 e. The van der Waals surface area contributed by atoms with Gasteiger partial charge >= 0.3 is 0 Å². The summed E-state index contributed by atoms with van der Waals surface area (Å²) in [7, 11) is 0. The van der Waals surface area contributed by atoms with E-state index in [-0.39, 0.29) is 0 Å². The van der Waals surface area contributed by atoms with Gasteiger partial charge in [-0.05, 0) is 129 Å². The summed E-state index contributed by atoms with van der Waals surface area (Å²) < 4.78 is 0. The Morgan fingerprint density at radius 2 is 1.66 bits per heavy atom. The van der Waals surface area contributed by atoms with E-state index >= 15 is 0 Å². The van der Waals surface area contributed by atoms with Gasteiger partial charge in [-0.15, -0.1) is 0 Å². The molecule has 6 rings (SSSR count). The smallest absolute Gasteiger partial charge is 0.220 e. The van der Waals surface area contributed by atoms with Crippen LogP contribution in [0.3, 0.4) is 0 Å². The minimum Gasteiger partial charge on any atom is -0.371 e. The van der Waals surface area contributed by atoms with Crippen LogP contribution in [0.1, 0.15) is 111 Å². The lowest BCUT2D eigenvalue weighted by Gasteiger charge is -2.61. The third-order valence-corrected chi connectivity index (χ3v) is 13.2. The molecule has 5 fully saturated rings. The van der Waals surface area contributed by atoms with Crippen LogP contribution in [0.25, 0.3) is 0 Å². The van der Waals surface area contributed by atoms with Crippen molar-refractivity contribution in [1.82, 2.24) is 5.32 Å². The van der Waals surface area contributed by atoms with E-state index in [0.717, 1.165) is 61.9 Å². The summed E-state index contributed by atoms with van der Waals surface area (Å²) in [5.41, 5.74) is 2.46. The molecule has 1 N–H and O–H groups in total. The average Bonchev–Trinajstić information content (AvgIpc) is 3.29. The zero-order valence-corrected chi connectivity index (χ0v) is 24.6. The first kappa shape index (κ1) is 26.7. The molecule has 1 aromatic carbocycles. The van der Waals surface area contributed by atoms with Crippen LogP contribution in [0.2, 0.25) is 0 Å². The van der Waals surface area contributed by atoms with E-state index in [1.54, 1.807) is 0 Å². The number of hydrogen-bond donors (Lipinski definition) is 1. The molecule has 1 heterocycles. The highest BCUT2D eigenvalue weighted by atomic mass is 16.1. The third kappa shape index (κ3) is 4.83. The van der Waals surface area contributed by atoms with Crippen molar-refractivity contribution in [2.75, 3.05) is 18.0 Å². The lowest BCUT2D eigenvalue weighted by atomic mass is 9.44. The minimum absolute atomic E-state index is 0.293. The molecule has 1 saturated heterocycles. The SMILES string of the molecule is C[C@H](CCC(=O)NC1CCN(c2ccccc2)CC1)[C@H]1CC[C@H]2[C@@H]3CCC4CCCC[C@]4(C)[C@H]3CC[C@]12C. The van der Waals surface area contributed by atoms with Crippen molar-refractivity contribution >= 4 is 11.6 Å². The average molecular weight is 519 g/mol. The predicted molar refractivity (Wildman–Crippen MR) is 158 cm³/mol. The molecule has 0 spiro atoms. The Balaban J connectivity index is 0.996. The van der Waals surface area contributed by atoms with Gasteiger partial charge in [0.25, 0.3) is 0 Å². The predicted octanol–water partition coefficient (Wildman–Crippen LogP) is 8.24. The van der Waals surface area contributed by atoms with E-state index in [0.29, 0.717) is 35.1 Å². The summed E-state index contributed by atoms with van der Waals surface area (Å²) in [6.45, 7) is 9.94. The number of benzene rings is 1.